The summed E-state index contributed by atoms with van der Waals surface area (Å²) in [5.41, 5.74) is 3.49. The zero-order valence-corrected chi connectivity index (χ0v) is 12.9. The fourth-order valence-electron chi connectivity index (χ4n) is 2.18. The minimum Gasteiger partial charge on any atom is -1.00 e. The largest absolute Gasteiger partial charge is 1.00 e. The molecule has 24 heavy (non-hydrogen) atoms. The van der Waals surface area contributed by atoms with Crippen LogP contribution in [-0.4, -0.2) is 7.54 Å². The summed E-state index contributed by atoms with van der Waals surface area (Å²) in [5, 5.41) is 0. The summed E-state index contributed by atoms with van der Waals surface area (Å²) >= 11 is 0. The molecular weight excluding hydrogens is 319 g/mol. The van der Waals surface area contributed by atoms with Gasteiger partial charge in [0.05, 0.1) is 18.6 Å². The molecule has 3 aromatic rings. The van der Waals surface area contributed by atoms with Crippen LogP contribution in [0.1, 0.15) is 5.76 Å². The summed E-state index contributed by atoms with van der Waals surface area (Å²) in [6.45, 7) is 1.98. The first-order chi connectivity index (χ1) is 11.1. The van der Waals surface area contributed by atoms with E-state index in [0.717, 1.165) is 17.1 Å². The maximum absolute atomic E-state index is 9.67. The molecule has 0 saturated heterocycles. The first-order valence-electron chi connectivity index (χ1n) is 7.04. The Kier molecular flexibility index (Phi) is 7.69. The zero-order chi connectivity index (χ0) is 16.7. The molecule has 1 nitrogen and oxygen atoms in total. The minimum absolute atomic E-state index is 0. The van der Waals surface area contributed by atoms with Crippen LogP contribution >= 0.6 is 0 Å². The molecule has 0 aliphatic heterocycles. The summed E-state index contributed by atoms with van der Waals surface area (Å²) in [6, 6.07) is 24.7. The van der Waals surface area contributed by atoms with Gasteiger partial charge in [0.2, 0.25) is 0 Å². The average Bonchev–Trinajstić information content (AvgIpc) is 2.55. The fraction of sp³-hybridized carbons (Fsp3) is 0.0556. The highest BCUT2D eigenvalue weighted by atomic mass is 19.4. The third-order valence-electron chi connectivity index (χ3n) is 3.08. The summed E-state index contributed by atoms with van der Waals surface area (Å²) in [7, 11) is -3.67. The van der Waals surface area contributed by atoms with Gasteiger partial charge >= 0.3 is 19.1 Å². The molecule has 0 aliphatic carbocycles. The lowest BCUT2D eigenvalue weighted by atomic mass is 10.0. The number of rotatable bonds is 2. The molecule has 0 atom stereocenters. The third-order valence-corrected chi connectivity index (χ3v) is 3.08. The molecule has 0 unspecified atom stereocenters. The van der Waals surface area contributed by atoms with Gasteiger partial charge in [0, 0.05) is 11.6 Å². The number of hydrogen-bond acceptors (Lipinski definition) is 0. The summed E-state index contributed by atoms with van der Waals surface area (Å²) < 4.78 is 34.8. The Morgan fingerprint density at radius 3 is 1.67 bits per heavy atom. The summed E-state index contributed by atoms with van der Waals surface area (Å²) in [5.74, 6) is 1.82. The van der Waals surface area contributed by atoms with E-state index in [1.807, 2.05) is 31.2 Å². The van der Waals surface area contributed by atoms with E-state index in [9.17, 15) is 12.9 Å². The average molecular weight is 334 g/mol. The van der Waals surface area contributed by atoms with E-state index in [-0.39, 0.29) is 4.70 Å². The zero-order valence-electron chi connectivity index (χ0n) is 12.9. The number of halogens is 4. The van der Waals surface area contributed by atoms with Gasteiger partial charge in [-0.1, -0.05) is 48.5 Å². The van der Waals surface area contributed by atoms with Crippen molar-refractivity contribution in [1.29, 1.82) is 0 Å². The number of hydrogen-bond donors (Lipinski definition) is 0. The van der Waals surface area contributed by atoms with Crippen molar-refractivity contribution in [3.05, 3.63) is 78.6 Å². The fourth-order valence-corrected chi connectivity index (χ4v) is 2.18. The van der Waals surface area contributed by atoms with E-state index >= 15 is 0 Å². The number of benzene rings is 2. The Morgan fingerprint density at radius 2 is 1.17 bits per heavy atom. The molecule has 0 aliphatic rings. The maximum Gasteiger partial charge on any atom is 0.762 e. The van der Waals surface area contributed by atoms with Crippen LogP contribution in [-0.2, 0) is 0 Å². The lowest BCUT2D eigenvalue weighted by Gasteiger charge is -2.00. The van der Waals surface area contributed by atoms with Crippen molar-refractivity contribution >= 4 is 7.54 Å². The van der Waals surface area contributed by atoms with E-state index in [0.29, 0.717) is 0 Å². The van der Waals surface area contributed by atoms with Crippen LogP contribution < -0.4 is 4.70 Å². The quantitative estimate of drug-likeness (QED) is 0.398. The molecule has 124 valence electrons. The van der Waals surface area contributed by atoms with Crippen LogP contribution in [0, 0.1) is 6.92 Å². The molecule has 3 rings (SSSR count). The van der Waals surface area contributed by atoms with Gasteiger partial charge in [-0.05, 0) is 17.7 Å². The standard InChI is InChI=1S/C18H15O.BF3.FH/c1-14-12-17(15-8-4-2-5-9-15)13-18(19-14)16-10-6-3-7-11-16;2-1(3)4;/h2-13H,1H3;;1H/q+1;;/p-1. The number of aryl methyl sites for hydroxylation is 1. The predicted octanol–water partition coefficient (Wildman–Crippen LogP) is 3.09. The molecule has 0 bridgehead atoms. The van der Waals surface area contributed by atoms with Crippen molar-refractivity contribution in [3.8, 4) is 22.5 Å². The van der Waals surface area contributed by atoms with Crippen LogP contribution in [0.15, 0.2) is 77.2 Å². The SMILES string of the molecule is Cc1cc(-c2ccccc2)cc(-c2ccccc2)[o+]1.FB(F)F.[F-]. The van der Waals surface area contributed by atoms with Gasteiger partial charge in [0.1, 0.15) is 0 Å². The molecule has 0 fully saturated rings. The topological polar surface area (TPSA) is 11.3 Å². The van der Waals surface area contributed by atoms with E-state index in [4.69, 9.17) is 4.42 Å². The van der Waals surface area contributed by atoms with E-state index in [1.165, 1.54) is 11.1 Å². The molecule has 6 heteroatoms. The molecule has 2 aromatic carbocycles. The Morgan fingerprint density at radius 1 is 0.708 bits per heavy atom. The Hall–Kier alpha value is -2.63. The summed E-state index contributed by atoms with van der Waals surface area (Å²) in [6.07, 6.45) is 0. The smallest absolute Gasteiger partial charge is 0.762 e. The maximum atomic E-state index is 9.67. The molecule has 1 heterocycles. The Bertz CT molecular complexity index is 676. The molecule has 0 amide bonds. The van der Waals surface area contributed by atoms with Crippen molar-refractivity contribution in [1.82, 2.24) is 0 Å². The van der Waals surface area contributed by atoms with Gasteiger partial charge in [0.15, 0.2) is 0 Å². The van der Waals surface area contributed by atoms with Crippen molar-refractivity contribution < 1.29 is 22.1 Å². The molecule has 0 N–H and O–H groups in total. The molecule has 0 radical (unpaired) electrons. The van der Waals surface area contributed by atoms with Crippen molar-refractivity contribution in [2.24, 2.45) is 0 Å². The lowest BCUT2D eigenvalue weighted by molar-refractivity contribution is -0.00000803. The molecular formula is C18H15BF4O. The Labute approximate surface area is 138 Å². The van der Waals surface area contributed by atoms with Crippen LogP contribution in [0.4, 0.5) is 12.9 Å². The normalized spacial score (nSPS) is 9.33. The van der Waals surface area contributed by atoms with Crippen LogP contribution in [0.5, 0.6) is 0 Å². The second kappa shape index (κ2) is 9.50. The summed E-state index contributed by atoms with van der Waals surface area (Å²) in [4.78, 5) is 0. The van der Waals surface area contributed by atoms with Crippen LogP contribution in [0.2, 0.25) is 0 Å². The second-order valence-corrected chi connectivity index (χ2v) is 4.80. The van der Waals surface area contributed by atoms with Gasteiger partial charge < -0.3 is 4.70 Å². The highest BCUT2D eigenvalue weighted by molar-refractivity contribution is 6.33. The van der Waals surface area contributed by atoms with Gasteiger partial charge in [-0.2, -0.15) is 0 Å². The molecule has 0 saturated carbocycles. The minimum atomic E-state index is -3.67. The van der Waals surface area contributed by atoms with Crippen LogP contribution in [0.3, 0.4) is 0 Å². The monoisotopic (exact) mass is 334 g/mol. The molecule has 0 spiro atoms. The van der Waals surface area contributed by atoms with Gasteiger partial charge in [-0.15, -0.1) is 0 Å². The highest BCUT2D eigenvalue weighted by Crippen LogP contribution is 2.27. The van der Waals surface area contributed by atoms with Gasteiger partial charge in [-0.3, -0.25) is 12.9 Å². The van der Waals surface area contributed by atoms with Crippen molar-refractivity contribution in [2.45, 2.75) is 6.92 Å². The second-order valence-electron chi connectivity index (χ2n) is 4.80. The first kappa shape index (κ1) is 19.4. The van der Waals surface area contributed by atoms with Gasteiger partial charge in [0.25, 0.3) is 0 Å². The van der Waals surface area contributed by atoms with Crippen molar-refractivity contribution in [2.75, 3.05) is 0 Å². The Balaban J connectivity index is 0.000000522. The van der Waals surface area contributed by atoms with E-state index in [1.54, 1.807) is 0 Å². The highest BCUT2D eigenvalue weighted by Gasteiger charge is 2.15. The first-order valence-corrected chi connectivity index (χ1v) is 7.04. The molecule has 1 aromatic heterocycles. The van der Waals surface area contributed by atoms with Gasteiger partial charge in [-0.25, -0.2) is 4.42 Å². The van der Waals surface area contributed by atoms with Crippen molar-refractivity contribution in [3.63, 3.8) is 0 Å². The van der Waals surface area contributed by atoms with Crippen LogP contribution in [0.25, 0.3) is 22.5 Å². The third kappa shape index (κ3) is 5.87. The predicted molar refractivity (Wildman–Crippen MR) is 87.8 cm³/mol. The van der Waals surface area contributed by atoms with E-state index in [2.05, 4.69) is 48.5 Å². The lowest BCUT2D eigenvalue weighted by Crippen LogP contribution is -3.00. The van der Waals surface area contributed by atoms with E-state index < -0.39 is 7.54 Å².